The first kappa shape index (κ1) is 13.5. The Morgan fingerprint density at radius 2 is 1.96 bits per heavy atom. The van der Waals surface area contributed by atoms with Gasteiger partial charge in [-0.15, -0.1) is 0 Å². The van der Waals surface area contributed by atoms with Crippen LogP contribution in [-0.2, 0) is 6.54 Å². The average molecular weight is 300 g/mol. The number of fused-ring (bicyclic) bond motifs is 1. The first-order chi connectivity index (χ1) is 11.3. The molecule has 2 heterocycles. The summed E-state index contributed by atoms with van der Waals surface area (Å²) in [5.41, 5.74) is 11.1. The van der Waals surface area contributed by atoms with Crippen molar-refractivity contribution in [2.24, 2.45) is 0 Å². The summed E-state index contributed by atoms with van der Waals surface area (Å²) in [6.07, 6.45) is 7.41. The SMILES string of the molecule is Nc1cccc(-c2cc(Cn3ccnc3)cc3cccnc23)c1. The van der Waals surface area contributed by atoms with E-state index < -0.39 is 0 Å². The molecule has 0 fully saturated rings. The van der Waals surface area contributed by atoms with E-state index >= 15 is 0 Å². The van der Waals surface area contributed by atoms with Crippen molar-refractivity contribution in [3.8, 4) is 11.1 Å². The van der Waals surface area contributed by atoms with Gasteiger partial charge in [-0.25, -0.2) is 4.98 Å². The van der Waals surface area contributed by atoms with E-state index in [1.54, 1.807) is 6.20 Å². The summed E-state index contributed by atoms with van der Waals surface area (Å²) in [5.74, 6) is 0. The van der Waals surface area contributed by atoms with Gasteiger partial charge in [0.2, 0.25) is 0 Å². The molecule has 2 aromatic heterocycles. The number of nitrogen functional groups attached to an aromatic ring is 1. The van der Waals surface area contributed by atoms with Gasteiger partial charge in [0.15, 0.2) is 0 Å². The van der Waals surface area contributed by atoms with Gasteiger partial charge in [0.1, 0.15) is 0 Å². The molecule has 4 nitrogen and oxygen atoms in total. The molecule has 0 saturated heterocycles. The van der Waals surface area contributed by atoms with Gasteiger partial charge in [0.25, 0.3) is 0 Å². The zero-order valence-electron chi connectivity index (χ0n) is 12.6. The van der Waals surface area contributed by atoms with Crippen molar-refractivity contribution < 1.29 is 0 Å². The minimum Gasteiger partial charge on any atom is -0.399 e. The molecule has 0 bridgehead atoms. The molecule has 0 radical (unpaired) electrons. The normalized spacial score (nSPS) is 11.0. The molecule has 4 rings (SSSR count). The van der Waals surface area contributed by atoms with Crippen molar-refractivity contribution in [3.63, 3.8) is 0 Å². The Morgan fingerprint density at radius 3 is 2.78 bits per heavy atom. The first-order valence-corrected chi connectivity index (χ1v) is 7.49. The third-order valence-electron chi connectivity index (χ3n) is 3.89. The highest BCUT2D eigenvalue weighted by atomic mass is 15.0. The summed E-state index contributed by atoms with van der Waals surface area (Å²) in [6.45, 7) is 0.778. The second-order valence-electron chi connectivity index (χ2n) is 5.58. The predicted molar refractivity (Wildman–Crippen MR) is 92.9 cm³/mol. The van der Waals surface area contributed by atoms with E-state index in [9.17, 15) is 0 Å². The Balaban J connectivity index is 1.90. The quantitative estimate of drug-likeness (QED) is 0.587. The summed E-state index contributed by atoms with van der Waals surface area (Å²) < 4.78 is 2.06. The molecule has 0 aliphatic carbocycles. The molecule has 2 aromatic carbocycles. The Bertz CT molecular complexity index is 958. The van der Waals surface area contributed by atoms with Crippen LogP contribution in [0.3, 0.4) is 0 Å². The van der Waals surface area contributed by atoms with Crippen LogP contribution in [0.1, 0.15) is 5.56 Å². The Hall–Kier alpha value is -3.14. The lowest BCUT2D eigenvalue weighted by Crippen LogP contribution is -1.98. The highest BCUT2D eigenvalue weighted by Gasteiger charge is 2.08. The van der Waals surface area contributed by atoms with Gasteiger partial charge in [-0.3, -0.25) is 4.98 Å². The van der Waals surface area contributed by atoms with E-state index in [1.165, 1.54) is 5.56 Å². The first-order valence-electron chi connectivity index (χ1n) is 7.49. The maximum Gasteiger partial charge on any atom is 0.0949 e. The molecule has 23 heavy (non-hydrogen) atoms. The lowest BCUT2D eigenvalue weighted by Gasteiger charge is -2.11. The van der Waals surface area contributed by atoms with Gasteiger partial charge in [-0.2, -0.15) is 0 Å². The van der Waals surface area contributed by atoms with Gasteiger partial charge in [0.05, 0.1) is 11.8 Å². The summed E-state index contributed by atoms with van der Waals surface area (Å²) in [6, 6.07) is 16.4. The number of pyridine rings is 1. The van der Waals surface area contributed by atoms with Crippen LogP contribution in [0, 0.1) is 0 Å². The number of hydrogen-bond donors (Lipinski definition) is 1. The van der Waals surface area contributed by atoms with Gasteiger partial charge in [-0.05, 0) is 41.5 Å². The molecule has 4 aromatic rings. The number of hydrogen-bond acceptors (Lipinski definition) is 3. The van der Waals surface area contributed by atoms with Crippen LogP contribution in [0.5, 0.6) is 0 Å². The van der Waals surface area contributed by atoms with Crippen molar-refractivity contribution in [3.05, 3.63) is 79.0 Å². The minimum absolute atomic E-state index is 0.756. The molecule has 0 saturated carbocycles. The fourth-order valence-electron chi connectivity index (χ4n) is 2.86. The number of anilines is 1. The highest BCUT2D eigenvalue weighted by molar-refractivity contribution is 5.94. The van der Waals surface area contributed by atoms with Crippen LogP contribution in [0.15, 0.2) is 73.4 Å². The van der Waals surface area contributed by atoms with Crippen molar-refractivity contribution >= 4 is 16.6 Å². The Labute approximate surface area is 134 Å². The van der Waals surface area contributed by atoms with Crippen LogP contribution in [0.4, 0.5) is 5.69 Å². The summed E-state index contributed by atoms with van der Waals surface area (Å²) in [7, 11) is 0. The van der Waals surface area contributed by atoms with Crippen LogP contribution in [-0.4, -0.2) is 14.5 Å². The predicted octanol–water partition coefficient (Wildman–Crippen LogP) is 3.73. The lowest BCUT2D eigenvalue weighted by atomic mass is 9.98. The van der Waals surface area contributed by atoms with E-state index in [1.807, 2.05) is 43.0 Å². The number of imidazole rings is 1. The van der Waals surface area contributed by atoms with E-state index in [0.29, 0.717) is 0 Å². The van der Waals surface area contributed by atoms with E-state index in [0.717, 1.165) is 34.3 Å². The van der Waals surface area contributed by atoms with Gasteiger partial charge in [-0.1, -0.05) is 18.2 Å². The van der Waals surface area contributed by atoms with Crippen LogP contribution >= 0.6 is 0 Å². The van der Waals surface area contributed by atoms with E-state index in [2.05, 4.69) is 38.8 Å². The van der Waals surface area contributed by atoms with Gasteiger partial charge < -0.3 is 10.3 Å². The summed E-state index contributed by atoms with van der Waals surface area (Å²) in [4.78, 5) is 8.67. The highest BCUT2D eigenvalue weighted by Crippen LogP contribution is 2.30. The third-order valence-corrected chi connectivity index (χ3v) is 3.89. The third kappa shape index (κ3) is 2.66. The van der Waals surface area contributed by atoms with Crippen molar-refractivity contribution in [2.45, 2.75) is 6.54 Å². The number of nitrogens with zero attached hydrogens (tertiary/aromatic N) is 3. The molecule has 0 spiro atoms. The molecular weight excluding hydrogens is 284 g/mol. The van der Waals surface area contributed by atoms with Crippen LogP contribution in [0.25, 0.3) is 22.0 Å². The summed E-state index contributed by atoms with van der Waals surface area (Å²) >= 11 is 0. The topological polar surface area (TPSA) is 56.7 Å². The lowest BCUT2D eigenvalue weighted by molar-refractivity contribution is 0.798. The van der Waals surface area contributed by atoms with E-state index in [4.69, 9.17) is 5.73 Å². The molecule has 0 aliphatic rings. The maximum absolute atomic E-state index is 5.95. The number of rotatable bonds is 3. The van der Waals surface area contributed by atoms with Crippen molar-refractivity contribution in [1.29, 1.82) is 0 Å². The molecule has 2 N–H and O–H groups in total. The van der Waals surface area contributed by atoms with Crippen molar-refractivity contribution in [1.82, 2.24) is 14.5 Å². The Kier molecular flexibility index (Phi) is 3.27. The standard InChI is InChI=1S/C19H16N4/c20-17-5-1-3-15(11-17)18-10-14(12-23-8-7-21-13-23)9-16-4-2-6-22-19(16)18/h1-11,13H,12,20H2. The molecule has 0 unspecified atom stereocenters. The second kappa shape index (κ2) is 5.57. The zero-order valence-corrected chi connectivity index (χ0v) is 12.6. The smallest absolute Gasteiger partial charge is 0.0949 e. The second-order valence-corrected chi connectivity index (χ2v) is 5.58. The van der Waals surface area contributed by atoms with Gasteiger partial charge in [0, 0.05) is 41.8 Å². The molecule has 0 atom stereocenters. The van der Waals surface area contributed by atoms with Crippen LogP contribution in [0.2, 0.25) is 0 Å². The number of aromatic nitrogens is 3. The monoisotopic (exact) mass is 300 g/mol. The fraction of sp³-hybridized carbons (Fsp3) is 0.0526. The van der Waals surface area contributed by atoms with Crippen molar-refractivity contribution in [2.75, 3.05) is 5.73 Å². The molecule has 0 amide bonds. The van der Waals surface area contributed by atoms with Crippen LogP contribution < -0.4 is 5.73 Å². The number of nitrogens with two attached hydrogens (primary N) is 1. The molecule has 112 valence electrons. The van der Waals surface area contributed by atoms with E-state index in [-0.39, 0.29) is 0 Å². The zero-order chi connectivity index (χ0) is 15.6. The largest absolute Gasteiger partial charge is 0.399 e. The molecule has 0 aliphatic heterocycles. The number of benzene rings is 2. The fourth-order valence-corrected chi connectivity index (χ4v) is 2.86. The van der Waals surface area contributed by atoms with Gasteiger partial charge >= 0.3 is 0 Å². The minimum atomic E-state index is 0.756. The Morgan fingerprint density at radius 1 is 1.00 bits per heavy atom. The maximum atomic E-state index is 5.95. The average Bonchev–Trinajstić information content (AvgIpc) is 3.07. The molecule has 4 heteroatoms. The molecular formula is C19H16N4. The summed E-state index contributed by atoms with van der Waals surface area (Å²) in [5, 5.41) is 1.13.